The van der Waals surface area contributed by atoms with Crippen molar-refractivity contribution >= 4 is 21.9 Å². The van der Waals surface area contributed by atoms with E-state index >= 15 is 0 Å². The molecule has 0 spiro atoms. The molecule has 4 N–H and O–H groups in total. The molecule has 2 aromatic heterocycles. The lowest BCUT2D eigenvalue weighted by Gasteiger charge is -2.19. The van der Waals surface area contributed by atoms with Gasteiger partial charge >= 0.3 is 6.01 Å². The molecule has 0 aromatic carbocycles. The molecule has 0 saturated carbocycles. The minimum Gasteiger partial charge on any atom is -0.503 e. The summed E-state index contributed by atoms with van der Waals surface area (Å²) in [6.45, 7) is 0. The van der Waals surface area contributed by atoms with Gasteiger partial charge in [0.1, 0.15) is 6.26 Å². The first kappa shape index (κ1) is 23.0. The minimum atomic E-state index is -3.59. The van der Waals surface area contributed by atoms with Crippen molar-refractivity contribution in [2.75, 3.05) is 11.0 Å². The van der Waals surface area contributed by atoms with Gasteiger partial charge in [0.05, 0.1) is 6.26 Å². The molecule has 2 aromatic rings. The van der Waals surface area contributed by atoms with E-state index in [1.165, 1.54) is 6.20 Å². The van der Waals surface area contributed by atoms with Gasteiger partial charge in [0.25, 0.3) is 11.8 Å². The predicted octanol–water partition coefficient (Wildman–Crippen LogP) is 1.78. The molecule has 10 nitrogen and oxygen atoms in total. The normalized spacial score (nSPS) is 12.1. The Morgan fingerprint density at radius 3 is 2.80 bits per heavy atom. The quantitative estimate of drug-likeness (QED) is 0.307. The van der Waals surface area contributed by atoms with Crippen LogP contribution in [0.25, 0.3) is 0 Å². The highest BCUT2D eigenvalue weighted by molar-refractivity contribution is 7.91. The first-order valence-corrected chi connectivity index (χ1v) is 11.1. The average molecular weight is 436 g/mol. The highest BCUT2D eigenvalue weighted by Crippen LogP contribution is 2.27. The Balaban J connectivity index is 2.08. The number of unbranched alkanes of at least 4 members (excludes halogenated alkanes) is 3. The van der Waals surface area contributed by atoms with Gasteiger partial charge in [-0.3, -0.25) is 4.79 Å². The van der Waals surface area contributed by atoms with E-state index < -0.39 is 21.8 Å². The number of amides is 1. The summed E-state index contributed by atoms with van der Waals surface area (Å²) < 4.78 is 29.5. The van der Waals surface area contributed by atoms with Crippen molar-refractivity contribution in [2.24, 2.45) is 0 Å². The zero-order chi connectivity index (χ0) is 22.1. The van der Waals surface area contributed by atoms with E-state index in [1.54, 1.807) is 6.07 Å². The van der Waals surface area contributed by atoms with Gasteiger partial charge in [-0.15, -0.1) is 12.3 Å². The maximum atomic E-state index is 12.5. The average Bonchev–Trinajstić information content (AvgIpc) is 3.12. The third kappa shape index (κ3) is 7.29. The summed E-state index contributed by atoms with van der Waals surface area (Å²) in [5.74, 6) is 1.18. The molecule has 0 aliphatic heterocycles. The summed E-state index contributed by atoms with van der Waals surface area (Å²) in [6.07, 6.45) is 12.6. The molecule has 0 bridgehead atoms. The van der Waals surface area contributed by atoms with Gasteiger partial charge in [-0.05, 0) is 25.3 Å². The molecule has 162 valence electrons. The van der Waals surface area contributed by atoms with Gasteiger partial charge in [0, 0.05) is 24.2 Å². The summed E-state index contributed by atoms with van der Waals surface area (Å²) in [6, 6.07) is 0.848. The van der Waals surface area contributed by atoms with E-state index in [0.29, 0.717) is 18.4 Å². The van der Waals surface area contributed by atoms with Gasteiger partial charge in [-0.1, -0.05) is 12.8 Å². The van der Waals surface area contributed by atoms with Crippen LogP contribution in [-0.4, -0.2) is 46.8 Å². The van der Waals surface area contributed by atoms with Gasteiger partial charge in [-0.2, -0.15) is 4.98 Å². The molecular formula is C19H24N4O6S. The van der Waals surface area contributed by atoms with Crippen molar-refractivity contribution in [3.05, 3.63) is 29.8 Å². The number of aromatic nitrogens is 2. The monoisotopic (exact) mass is 436 g/mol. The second-order valence-corrected chi connectivity index (χ2v) is 8.48. The summed E-state index contributed by atoms with van der Waals surface area (Å²) in [5.41, 5.74) is 0.330. The van der Waals surface area contributed by atoms with E-state index in [2.05, 4.69) is 21.2 Å². The first-order chi connectivity index (χ1) is 14.2. The fourth-order valence-corrected chi connectivity index (χ4v) is 3.19. The summed E-state index contributed by atoms with van der Waals surface area (Å²) in [5, 5.41) is 22.4. The van der Waals surface area contributed by atoms with E-state index in [0.717, 1.165) is 31.8 Å². The molecule has 0 fully saturated rings. The second-order valence-electron chi connectivity index (χ2n) is 6.73. The number of rotatable bonds is 11. The fourth-order valence-electron chi connectivity index (χ4n) is 2.77. The molecule has 1 amide bonds. The Bertz CT molecular complexity index is 1010. The Hall–Kier alpha value is -3.26. The van der Waals surface area contributed by atoms with E-state index in [1.807, 2.05) is 4.72 Å². The highest BCUT2D eigenvalue weighted by atomic mass is 32.2. The molecule has 2 rings (SSSR count). The number of carbonyl (C=O) groups excluding carboxylic acids is 1. The van der Waals surface area contributed by atoms with Gasteiger partial charge in [0.15, 0.2) is 11.4 Å². The third-order valence-corrected chi connectivity index (χ3v) is 4.72. The third-order valence-electron chi connectivity index (χ3n) is 4.17. The Labute approximate surface area is 174 Å². The van der Waals surface area contributed by atoms with Crippen molar-refractivity contribution in [3.63, 3.8) is 0 Å². The summed E-state index contributed by atoms with van der Waals surface area (Å²) in [4.78, 5) is 20.0. The molecule has 0 aliphatic carbocycles. The lowest BCUT2D eigenvalue weighted by molar-refractivity contribution is 0.0929. The highest BCUT2D eigenvalue weighted by Gasteiger charge is 2.20. The molecule has 1 atom stereocenters. The number of anilines is 1. The maximum Gasteiger partial charge on any atom is 0.309 e. The number of carbonyl (C=O) groups is 1. The number of sulfonamides is 1. The summed E-state index contributed by atoms with van der Waals surface area (Å²) in [7, 11) is -3.59. The van der Waals surface area contributed by atoms with Crippen LogP contribution in [0.3, 0.4) is 0 Å². The van der Waals surface area contributed by atoms with Crippen LogP contribution in [0, 0.1) is 12.3 Å². The molecule has 11 heteroatoms. The van der Waals surface area contributed by atoms with Crippen molar-refractivity contribution in [1.29, 1.82) is 0 Å². The van der Waals surface area contributed by atoms with Crippen LogP contribution in [0.4, 0.5) is 6.01 Å². The Morgan fingerprint density at radius 2 is 2.10 bits per heavy atom. The van der Waals surface area contributed by atoms with Gasteiger partial charge in [-0.25, -0.2) is 18.1 Å². The Kier molecular flexibility index (Phi) is 8.06. The van der Waals surface area contributed by atoms with Gasteiger partial charge in [0.2, 0.25) is 10.0 Å². The molecule has 30 heavy (non-hydrogen) atoms. The van der Waals surface area contributed by atoms with Crippen LogP contribution >= 0.6 is 0 Å². The molecule has 2 heterocycles. The molecule has 0 radical (unpaired) electrons. The second kappa shape index (κ2) is 10.5. The molecule has 0 saturated heterocycles. The van der Waals surface area contributed by atoms with Crippen LogP contribution in [0.5, 0.6) is 11.6 Å². The van der Waals surface area contributed by atoms with Crippen LogP contribution in [0.1, 0.15) is 48.2 Å². The lowest BCUT2D eigenvalue weighted by atomic mass is 9.99. The molecular weight excluding hydrogens is 412 g/mol. The van der Waals surface area contributed by atoms with Crippen LogP contribution in [-0.2, 0) is 16.4 Å². The van der Waals surface area contributed by atoms with Crippen molar-refractivity contribution in [1.82, 2.24) is 15.3 Å². The number of oxazole rings is 1. The lowest BCUT2D eigenvalue weighted by Crippen LogP contribution is -2.36. The SMILES string of the molecule is C#CCCCCCC(Cc1ccnc(O)c1O)NC(=O)c1coc(NS(C)(=O)=O)n1. The summed E-state index contributed by atoms with van der Waals surface area (Å²) >= 11 is 0. The maximum absolute atomic E-state index is 12.5. The number of hydrogen-bond acceptors (Lipinski definition) is 8. The number of aromatic hydroxyl groups is 2. The van der Waals surface area contributed by atoms with Crippen molar-refractivity contribution in [3.8, 4) is 24.0 Å². The topological polar surface area (TPSA) is 155 Å². The fraction of sp³-hybridized carbons (Fsp3) is 0.421. The van der Waals surface area contributed by atoms with Crippen LogP contribution in [0.2, 0.25) is 0 Å². The van der Waals surface area contributed by atoms with Crippen LogP contribution in [0.15, 0.2) is 22.9 Å². The zero-order valence-corrected chi connectivity index (χ0v) is 17.3. The number of nitrogens with zero attached hydrogens (tertiary/aromatic N) is 2. The Morgan fingerprint density at radius 1 is 1.33 bits per heavy atom. The number of pyridine rings is 1. The smallest absolute Gasteiger partial charge is 0.309 e. The van der Waals surface area contributed by atoms with Crippen LogP contribution < -0.4 is 10.0 Å². The molecule has 0 aliphatic rings. The van der Waals surface area contributed by atoms with E-state index in [-0.39, 0.29) is 29.9 Å². The predicted molar refractivity (Wildman–Crippen MR) is 109 cm³/mol. The minimum absolute atomic E-state index is 0.0970. The number of nitrogens with one attached hydrogen (secondary N) is 2. The number of hydrogen-bond donors (Lipinski definition) is 4. The number of terminal acetylenes is 1. The van der Waals surface area contributed by atoms with E-state index in [4.69, 9.17) is 10.8 Å². The van der Waals surface area contributed by atoms with E-state index in [9.17, 15) is 23.4 Å². The molecule has 1 unspecified atom stereocenters. The van der Waals surface area contributed by atoms with Crippen molar-refractivity contribution < 1.29 is 27.8 Å². The first-order valence-electron chi connectivity index (χ1n) is 9.23. The van der Waals surface area contributed by atoms with Gasteiger partial charge < -0.3 is 19.9 Å². The largest absolute Gasteiger partial charge is 0.503 e. The van der Waals surface area contributed by atoms with Crippen molar-refractivity contribution in [2.45, 2.75) is 44.6 Å². The zero-order valence-electron chi connectivity index (χ0n) is 16.5. The standard InChI is InChI=1S/C19H24N4O6S/c1-3-4-5-6-7-8-14(11-13-9-10-20-18(26)16(13)24)21-17(25)15-12-29-19(22-15)23-30(2,27)28/h1,9-10,12,14,24H,4-8,11H2,2H3,(H,20,26)(H,21,25)(H,22,23).